The summed E-state index contributed by atoms with van der Waals surface area (Å²) in [5.41, 5.74) is 2.81. The Morgan fingerprint density at radius 3 is 2.70 bits per heavy atom. The molecule has 3 rings (SSSR count). The van der Waals surface area contributed by atoms with Crippen LogP contribution in [0.1, 0.15) is 19.4 Å². The molecule has 3 aromatic rings. The van der Waals surface area contributed by atoms with Crippen LogP contribution < -0.4 is 5.32 Å². The van der Waals surface area contributed by atoms with Gasteiger partial charge in [-0.15, -0.1) is 0 Å². The monoisotopic (exact) mass is 311 g/mol. The standard InChI is InChI=1S/C18H15F2N3/c1-11(2)3-4-12-7-18-13(10-21-23-18)8-17(12)22-14-5-6-15(19)16(20)9-14/h5-11,22H,1-2H3,(H,21,23). The van der Waals surface area contributed by atoms with Crippen LogP contribution in [-0.2, 0) is 0 Å². The molecular formula is C18H15F2N3. The van der Waals surface area contributed by atoms with E-state index in [1.165, 1.54) is 6.07 Å². The predicted octanol–water partition coefficient (Wildman–Crippen LogP) is 4.59. The molecule has 0 saturated heterocycles. The van der Waals surface area contributed by atoms with Crippen molar-refractivity contribution in [2.45, 2.75) is 13.8 Å². The van der Waals surface area contributed by atoms with Crippen LogP contribution in [0.5, 0.6) is 0 Å². The topological polar surface area (TPSA) is 40.7 Å². The van der Waals surface area contributed by atoms with E-state index in [4.69, 9.17) is 0 Å². The largest absolute Gasteiger partial charge is 0.354 e. The molecule has 1 aromatic heterocycles. The lowest BCUT2D eigenvalue weighted by Gasteiger charge is -2.10. The van der Waals surface area contributed by atoms with Gasteiger partial charge in [0.15, 0.2) is 11.6 Å². The Morgan fingerprint density at radius 2 is 1.96 bits per heavy atom. The summed E-state index contributed by atoms with van der Waals surface area (Å²) >= 11 is 0. The maximum Gasteiger partial charge on any atom is 0.160 e. The van der Waals surface area contributed by atoms with Crippen molar-refractivity contribution in [2.24, 2.45) is 5.92 Å². The van der Waals surface area contributed by atoms with E-state index in [-0.39, 0.29) is 5.92 Å². The van der Waals surface area contributed by atoms with Gasteiger partial charge in [0.2, 0.25) is 0 Å². The molecular weight excluding hydrogens is 296 g/mol. The first kappa shape index (κ1) is 15.0. The molecule has 0 aliphatic heterocycles. The van der Waals surface area contributed by atoms with Crippen molar-refractivity contribution in [2.75, 3.05) is 5.32 Å². The van der Waals surface area contributed by atoms with Crippen molar-refractivity contribution in [3.8, 4) is 11.8 Å². The minimum Gasteiger partial charge on any atom is -0.354 e. The average Bonchev–Trinajstić information content (AvgIpc) is 2.95. The first-order valence-corrected chi connectivity index (χ1v) is 7.23. The molecule has 0 radical (unpaired) electrons. The highest BCUT2D eigenvalue weighted by atomic mass is 19.2. The molecule has 5 heteroatoms. The lowest BCUT2D eigenvalue weighted by atomic mass is 10.1. The smallest absolute Gasteiger partial charge is 0.160 e. The summed E-state index contributed by atoms with van der Waals surface area (Å²) in [5, 5.41) is 10.9. The van der Waals surface area contributed by atoms with Crippen molar-refractivity contribution in [3.05, 3.63) is 53.7 Å². The van der Waals surface area contributed by atoms with Crippen LogP contribution in [-0.4, -0.2) is 10.2 Å². The van der Waals surface area contributed by atoms with E-state index < -0.39 is 11.6 Å². The molecule has 2 N–H and O–H groups in total. The number of hydrogen-bond donors (Lipinski definition) is 2. The Morgan fingerprint density at radius 1 is 1.13 bits per heavy atom. The van der Waals surface area contributed by atoms with Crippen LogP contribution in [0.4, 0.5) is 20.2 Å². The van der Waals surface area contributed by atoms with Crippen molar-refractivity contribution < 1.29 is 8.78 Å². The molecule has 0 saturated carbocycles. The molecule has 0 unspecified atom stereocenters. The fourth-order valence-corrected chi connectivity index (χ4v) is 2.15. The van der Waals surface area contributed by atoms with Gasteiger partial charge in [-0.2, -0.15) is 5.10 Å². The van der Waals surface area contributed by atoms with Crippen molar-refractivity contribution in [1.82, 2.24) is 10.2 Å². The average molecular weight is 311 g/mol. The summed E-state index contributed by atoms with van der Waals surface area (Å²) in [6.07, 6.45) is 1.70. The number of nitrogens with zero attached hydrogens (tertiary/aromatic N) is 1. The number of nitrogens with one attached hydrogen (secondary N) is 2. The molecule has 0 fully saturated rings. The molecule has 23 heavy (non-hydrogen) atoms. The van der Waals surface area contributed by atoms with E-state index in [0.29, 0.717) is 5.69 Å². The third-order valence-electron chi connectivity index (χ3n) is 3.27. The fraction of sp³-hybridized carbons (Fsp3) is 0.167. The molecule has 0 aliphatic carbocycles. The van der Waals surface area contributed by atoms with Crippen molar-refractivity contribution in [1.29, 1.82) is 0 Å². The summed E-state index contributed by atoms with van der Waals surface area (Å²) in [5.74, 6) is 4.68. The lowest BCUT2D eigenvalue weighted by molar-refractivity contribution is 0.509. The zero-order valence-electron chi connectivity index (χ0n) is 12.7. The van der Waals surface area contributed by atoms with Crippen molar-refractivity contribution >= 4 is 22.3 Å². The molecule has 2 aromatic carbocycles. The Balaban J connectivity index is 2.05. The number of halogens is 2. The Hall–Kier alpha value is -2.87. The summed E-state index contributed by atoms with van der Waals surface area (Å²) < 4.78 is 26.4. The molecule has 0 atom stereocenters. The number of H-pyrrole nitrogens is 1. The van der Waals surface area contributed by atoms with Crippen LogP contribution in [0.15, 0.2) is 36.5 Å². The molecule has 116 valence electrons. The van der Waals surface area contributed by atoms with Gasteiger partial charge in [-0.1, -0.05) is 25.7 Å². The summed E-state index contributed by atoms with van der Waals surface area (Å²) in [6.45, 7) is 4.01. The Bertz CT molecular complexity index is 917. The van der Waals surface area contributed by atoms with E-state index in [1.807, 2.05) is 26.0 Å². The van der Waals surface area contributed by atoms with Crippen LogP contribution in [0.25, 0.3) is 10.9 Å². The van der Waals surface area contributed by atoms with Crippen LogP contribution in [0.3, 0.4) is 0 Å². The molecule has 0 amide bonds. The second-order valence-corrected chi connectivity index (χ2v) is 5.53. The lowest BCUT2D eigenvalue weighted by Crippen LogP contribution is -1.96. The van der Waals surface area contributed by atoms with Gasteiger partial charge in [0.1, 0.15) is 0 Å². The van der Waals surface area contributed by atoms with E-state index in [9.17, 15) is 8.78 Å². The van der Waals surface area contributed by atoms with Gasteiger partial charge in [-0.25, -0.2) is 8.78 Å². The SMILES string of the molecule is CC(C)C#Cc1cc2[nH]ncc2cc1Nc1ccc(F)c(F)c1. The molecule has 0 aliphatic rings. The van der Waals surface area contributed by atoms with Gasteiger partial charge in [0.05, 0.1) is 23.0 Å². The maximum absolute atomic E-state index is 13.4. The van der Waals surface area contributed by atoms with E-state index >= 15 is 0 Å². The zero-order chi connectivity index (χ0) is 16.4. The maximum atomic E-state index is 13.4. The number of aromatic nitrogens is 2. The second-order valence-electron chi connectivity index (χ2n) is 5.53. The van der Waals surface area contributed by atoms with Crippen LogP contribution in [0, 0.1) is 29.4 Å². The van der Waals surface area contributed by atoms with Gasteiger partial charge >= 0.3 is 0 Å². The minimum absolute atomic E-state index is 0.226. The highest BCUT2D eigenvalue weighted by Gasteiger charge is 2.08. The summed E-state index contributed by atoms with van der Waals surface area (Å²) in [6, 6.07) is 7.46. The van der Waals surface area contributed by atoms with Crippen LogP contribution >= 0.6 is 0 Å². The Labute approximate surface area is 132 Å². The highest BCUT2D eigenvalue weighted by Crippen LogP contribution is 2.26. The van der Waals surface area contributed by atoms with Crippen LogP contribution in [0.2, 0.25) is 0 Å². The first-order chi connectivity index (χ1) is 11.0. The quantitative estimate of drug-likeness (QED) is 0.679. The molecule has 0 bridgehead atoms. The first-order valence-electron chi connectivity index (χ1n) is 7.23. The molecule has 3 nitrogen and oxygen atoms in total. The zero-order valence-corrected chi connectivity index (χ0v) is 12.7. The fourth-order valence-electron chi connectivity index (χ4n) is 2.15. The highest BCUT2D eigenvalue weighted by molar-refractivity contribution is 5.86. The van der Waals surface area contributed by atoms with E-state index in [0.717, 1.165) is 34.3 Å². The number of rotatable bonds is 2. The molecule has 1 heterocycles. The van der Waals surface area contributed by atoms with E-state index in [2.05, 4.69) is 27.4 Å². The normalized spacial score (nSPS) is 10.7. The predicted molar refractivity (Wildman–Crippen MR) is 87.5 cm³/mol. The number of benzene rings is 2. The molecule has 0 spiro atoms. The number of fused-ring (bicyclic) bond motifs is 1. The minimum atomic E-state index is -0.894. The van der Waals surface area contributed by atoms with Gasteiger partial charge in [0, 0.05) is 23.1 Å². The third kappa shape index (κ3) is 3.32. The number of aromatic amines is 1. The third-order valence-corrected chi connectivity index (χ3v) is 3.27. The van der Waals surface area contributed by atoms with Gasteiger partial charge in [0.25, 0.3) is 0 Å². The summed E-state index contributed by atoms with van der Waals surface area (Å²) in [7, 11) is 0. The number of hydrogen-bond acceptors (Lipinski definition) is 2. The van der Waals surface area contributed by atoms with Gasteiger partial charge in [-0.3, -0.25) is 5.10 Å². The van der Waals surface area contributed by atoms with Crippen molar-refractivity contribution in [3.63, 3.8) is 0 Å². The van der Waals surface area contributed by atoms with Gasteiger partial charge in [-0.05, 0) is 24.3 Å². The Kier molecular flexibility index (Phi) is 3.98. The van der Waals surface area contributed by atoms with Gasteiger partial charge < -0.3 is 5.32 Å². The second kappa shape index (κ2) is 6.09. The van der Waals surface area contributed by atoms with E-state index in [1.54, 1.807) is 6.20 Å². The summed E-state index contributed by atoms with van der Waals surface area (Å²) in [4.78, 5) is 0. The number of anilines is 2.